The Morgan fingerprint density at radius 2 is 2.31 bits per heavy atom. The molecule has 5 heteroatoms. The molecule has 1 fully saturated rings. The molecule has 1 aromatic heterocycles. The van der Waals surface area contributed by atoms with Gasteiger partial charge < -0.3 is 0 Å². The van der Waals surface area contributed by atoms with Gasteiger partial charge in [-0.3, -0.25) is 0 Å². The molecule has 2 atom stereocenters. The number of aryl methyl sites for hydroxylation is 1. The normalized spacial score (nSPS) is 28.2. The van der Waals surface area contributed by atoms with Crippen molar-refractivity contribution in [2.24, 2.45) is 5.92 Å². The molecule has 0 aliphatic carbocycles. The van der Waals surface area contributed by atoms with Crippen LogP contribution in [0.4, 0.5) is 0 Å². The van der Waals surface area contributed by atoms with Gasteiger partial charge in [0, 0.05) is 17.6 Å². The van der Waals surface area contributed by atoms with Gasteiger partial charge in [0.15, 0.2) is 0 Å². The van der Waals surface area contributed by atoms with Gasteiger partial charge in [0.2, 0.25) is 0 Å². The molecule has 0 aromatic carbocycles. The van der Waals surface area contributed by atoms with Crippen LogP contribution in [0.15, 0.2) is 0 Å². The highest BCUT2D eigenvalue weighted by atomic mass is 35.5. The third kappa shape index (κ3) is 2.36. The molecule has 1 aliphatic heterocycles. The number of aromatic nitrogens is 2. The summed E-state index contributed by atoms with van der Waals surface area (Å²) >= 11 is 9.80. The molecule has 1 saturated heterocycles. The largest absolute Gasteiger partial charge is 0.160 e. The molecule has 0 saturated carbocycles. The smallest absolute Gasteiger partial charge is 0.117 e. The fourth-order valence-electron chi connectivity index (χ4n) is 1.40. The van der Waals surface area contributed by atoms with E-state index in [1.165, 1.54) is 5.75 Å². The van der Waals surface area contributed by atoms with E-state index in [-0.39, 0.29) is 0 Å². The number of hydrogen-bond acceptors (Lipinski definition) is 4. The molecule has 2 rings (SSSR count). The van der Waals surface area contributed by atoms with E-state index >= 15 is 0 Å². The van der Waals surface area contributed by atoms with Crippen molar-refractivity contribution in [2.75, 3.05) is 11.5 Å². The summed E-state index contributed by atoms with van der Waals surface area (Å²) in [6.45, 7) is 1.99. The predicted molar refractivity (Wildman–Crippen MR) is 58.8 cm³/mol. The molecule has 2 nitrogen and oxygen atoms in total. The summed E-state index contributed by atoms with van der Waals surface area (Å²) in [6, 6.07) is 0. The minimum atomic E-state index is 0.328. The monoisotopic (exact) mass is 234 g/mol. The van der Waals surface area contributed by atoms with Crippen LogP contribution in [0.25, 0.3) is 0 Å². The van der Waals surface area contributed by atoms with Crippen LogP contribution in [0.1, 0.15) is 10.0 Å². The van der Waals surface area contributed by atoms with E-state index in [4.69, 9.17) is 11.6 Å². The van der Waals surface area contributed by atoms with Gasteiger partial charge in [0.1, 0.15) is 10.0 Å². The summed E-state index contributed by atoms with van der Waals surface area (Å²) < 4.78 is 0. The zero-order chi connectivity index (χ0) is 9.26. The molecular formula is C8H11ClN2S2. The Hall–Kier alpha value is 0.200. The van der Waals surface area contributed by atoms with Crippen LogP contribution >= 0.6 is 34.7 Å². The number of alkyl halides is 1. The second kappa shape index (κ2) is 4.15. The maximum Gasteiger partial charge on any atom is 0.117 e. The standard InChI is InChI=1S/C8H11ClN2S2/c1-5-10-11-8(13-5)2-6-3-12-4-7(6)9/h6-7H,2-4H2,1H3. The topological polar surface area (TPSA) is 25.8 Å². The summed E-state index contributed by atoms with van der Waals surface area (Å²) in [5, 5.41) is 10.6. The molecule has 2 heterocycles. The Labute approximate surface area is 91.1 Å². The molecule has 0 bridgehead atoms. The average molecular weight is 235 g/mol. The number of halogens is 1. The van der Waals surface area contributed by atoms with Crippen LogP contribution in [0, 0.1) is 12.8 Å². The molecule has 1 aliphatic rings. The molecule has 0 spiro atoms. The molecule has 0 amide bonds. The number of hydrogen-bond donors (Lipinski definition) is 0. The Morgan fingerprint density at radius 3 is 2.85 bits per heavy atom. The van der Waals surface area contributed by atoms with E-state index in [1.807, 2.05) is 18.7 Å². The number of rotatable bonds is 2. The SMILES string of the molecule is Cc1nnc(CC2CSCC2Cl)s1. The van der Waals surface area contributed by atoms with Crippen molar-refractivity contribution in [1.29, 1.82) is 0 Å². The van der Waals surface area contributed by atoms with Crippen LogP contribution in [0.5, 0.6) is 0 Å². The highest BCUT2D eigenvalue weighted by Gasteiger charge is 2.26. The van der Waals surface area contributed by atoms with E-state index < -0.39 is 0 Å². The van der Waals surface area contributed by atoms with Crippen molar-refractivity contribution >= 4 is 34.7 Å². The van der Waals surface area contributed by atoms with Crippen molar-refractivity contribution in [3.05, 3.63) is 10.0 Å². The van der Waals surface area contributed by atoms with Crippen LogP contribution < -0.4 is 0 Å². The van der Waals surface area contributed by atoms with Gasteiger partial charge in [-0.15, -0.1) is 33.1 Å². The maximum atomic E-state index is 6.17. The summed E-state index contributed by atoms with van der Waals surface area (Å²) in [5.41, 5.74) is 0. The third-order valence-electron chi connectivity index (χ3n) is 2.13. The first-order valence-corrected chi connectivity index (χ1v) is 6.67. The molecule has 0 radical (unpaired) electrons. The highest BCUT2D eigenvalue weighted by Crippen LogP contribution is 2.31. The van der Waals surface area contributed by atoms with Gasteiger partial charge in [-0.1, -0.05) is 0 Å². The lowest BCUT2D eigenvalue weighted by Gasteiger charge is -2.08. The van der Waals surface area contributed by atoms with E-state index in [2.05, 4.69) is 10.2 Å². The summed E-state index contributed by atoms with van der Waals surface area (Å²) in [5.74, 6) is 2.86. The second-order valence-electron chi connectivity index (χ2n) is 3.23. The Balaban J connectivity index is 1.97. The zero-order valence-electron chi connectivity index (χ0n) is 7.36. The minimum Gasteiger partial charge on any atom is -0.160 e. The lowest BCUT2D eigenvalue weighted by molar-refractivity contribution is 0.598. The summed E-state index contributed by atoms with van der Waals surface area (Å²) in [6.07, 6.45) is 1.01. The predicted octanol–water partition coefficient (Wildman–Crippen LogP) is 2.36. The molecule has 2 unspecified atom stereocenters. The van der Waals surface area contributed by atoms with Gasteiger partial charge in [-0.2, -0.15) is 11.8 Å². The van der Waals surface area contributed by atoms with Crippen LogP contribution in [0.2, 0.25) is 0 Å². The minimum absolute atomic E-state index is 0.328. The molecule has 13 heavy (non-hydrogen) atoms. The first-order valence-electron chi connectivity index (χ1n) is 4.26. The van der Waals surface area contributed by atoms with Gasteiger partial charge in [-0.25, -0.2) is 0 Å². The molecule has 1 aromatic rings. The van der Waals surface area contributed by atoms with Crippen LogP contribution in [0.3, 0.4) is 0 Å². The van der Waals surface area contributed by atoms with E-state index in [0.717, 1.165) is 22.2 Å². The van der Waals surface area contributed by atoms with Crippen molar-refractivity contribution in [2.45, 2.75) is 18.7 Å². The fourth-order valence-corrected chi connectivity index (χ4v) is 4.04. The Morgan fingerprint density at radius 1 is 1.46 bits per heavy atom. The van der Waals surface area contributed by atoms with Crippen molar-refractivity contribution < 1.29 is 0 Å². The zero-order valence-corrected chi connectivity index (χ0v) is 9.75. The van der Waals surface area contributed by atoms with Gasteiger partial charge in [-0.05, 0) is 18.6 Å². The fraction of sp³-hybridized carbons (Fsp3) is 0.750. The second-order valence-corrected chi connectivity index (χ2v) is 6.13. The Bertz CT molecular complexity index is 289. The van der Waals surface area contributed by atoms with Crippen LogP contribution in [-0.2, 0) is 6.42 Å². The average Bonchev–Trinajstić information content (AvgIpc) is 2.64. The quantitative estimate of drug-likeness (QED) is 0.735. The maximum absolute atomic E-state index is 6.17. The summed E-state index contributed by atoms with van der Waals surface area (Å²) in [7, 11) is 0. The van der Waals surface area contributed by atoms with Crippen molar-refractivity contribution in [3.8, 4) is 0 Å². The Kier molecular flexibility index (Phi) is 3.11. The number of nitrogens with zero attached hydrogens (tertiary/aromatic N) is 2. The molecular weight excluding hydrogens is 224 g/mol. The highest BCUT2D eigenvalue weighted by molar-refractivity contribution is 7.99. The van der Waals surface area contributed by atoms with Gasteiger partial charge in [0.05, 0.1) is 0 Å². The van der Waals surface area contributed by atoms with Crippen molar-refractivity contribution in [1.82, 2.24) is 10.2 Å². The first-order chi connectivity index (χ1) is 6.25. The van der Waals surface area contributed by atoms with E-state index in [9.17, 15) is 0 Å². The van der Waals surface area contributed by atoms with E-state index in [0.29, 0.717) is 11.3 Å². The lowest BCUT2D eigenvalue weighted by Crippen LogP contribution is -2.14. The first kappa shape index (κ1) is 9.74. The third-order valence-corrected chi connectivity index (χ3v) is 4.94. The van der Waals surface area contributed by atoms with E-state index in [1.54, 1.807) is 11.3 Å². The van der Waals surface area contributed by atoms with Gasteiger partial charge in [0.25, 0.3) is 0 Å². The van der Waals surface area contributed by atoms with Crippen molar-refractivity contribution in [3.63, 3.8) is 0 Å². The number of thioether (sulfide) groups is 1. The van der Waals surface area contributed by atoms with Gasteiger partial charge >= 0.3 is 0 Å². The van der Waals surface area contributed by atoms with Crippen LogP contribution in [-0.4, -0.2) is 27.1 Å². The lowest BCUT2D eigenvalue weighted by atomic mass is 10.1. The molecule has 0 N–H and O–H groups in total. The summed E-state index contributed by atoms with van der Waals surface area (Å²) in [4.78, 5) is 0. The molecule has 72 valence electrons.